The molecule has 0 aromatic heterocycles. The van der Waals surface area contributed by atoms with Crippen molar-refractivity contribution in [1.82, 2.24) is 10.2 Å². The summed E-state index contributed by atoms with van der Waals surface area (Å²) in [5, 5.41) is 3.44. The van der Waals surface area contributed by atoms with E-state index < -0.39 is 34.1 Å². The summed E-state index contributed by atoms with van der Waals surface area (Å²) < 4.78 is 30.2. The molecule has 0 saturated carbocycles. The molecular formula is C35H36BrCl2N3O4S. The molecule has 11 heteroatoms. The van der Waals surface area contributed by atoms with Gasteiger partial charge in [-0.2, -0.15) is 0 Å². The molecule has 0 aliphatic carbocycles. The molecule has 4 aromatic rings. The predicted molar refractivity (Wildman–Crippen MR) is 189 cm³/mol. The minimum atomic E-state index is -4.28. The lowest BCUT2D eigenvalue weighted by atomic mass is 10.0. The monoisotopic (exact) mass is 743 g/mol. The molecule has 4 aromatic carbocycles. The second kappa shape index (κ2) is 15.0. The SMILES string of the molecule is Cc1ccc(S(=O)(=O)N(CC(=O)N(Cc2ccc(Br)cc2)[C@@H](Cc2ccccc2)C(=O)NC(C)(C)C)c2cc(Cl)cc(Cl)c2)cc1. The van der Waals surface area contributed by atoms with Crippen LogP contribution < -0.4 is 9.62 Å². The quantitative estimate of drug-likeness (QED) is 0.170. The largest absolute Gasteiger partial charge is 0.350 e. The molecule has 242 valence electrons. The Morgan fingerprint density at radius 1 is 0.848 bits per heavy atom. The fraction of sp³-hybridized carbons (Fsp3) is 0.257. The van der Waals surface area contributed by atoms with Crippen LogP contribution in [-0.2, 0) is 32.6 Å². The number of nitrogens with one attached hydrogen (secondary N) is 1. The molecule has 1 N–H and O–H groups in total. The Hall–Kier alpha value is -3.37. The normalized spacial score (nSPS) is 12.3. The van der Waals surface area contributed by atoms with Crippen LogP contribution in [-0.4, -0.2) is 43.3 Å². The van der Waals surface area contributed by atoms with Gasteiger partial charge in [-0.1, -0.05) is 99.3 Å². The number of amides is 2. The molecule has 4 rings (SSSR count). The Kier molecular flexibility index (Phi) is 11.6. The summed E-state index contributed by atoms with van der Waals surface area (Å²) in [5.74, 6) is -0.944. The molecule has 0 radical (unpaired) electrons. The first-order valence-corrected chi connectivity index (χ1v) is 17.6. The van der Waals surface area contributed by atoms with Gasteiger partial charge >= 0.3 is 0 Å². The number of hydrogen-bond donors (Lipinski definition) is 1. The Labute approximate surface area is 289 Å². The van der Waals surface area contributed by atoms with Gasteiger partial charge in [0, 0.05) is 33.0 Å². The molecule has 2 amide bonds. The molecule has 0 aliphatic heterocycles. The van der Waals surface area contributed by atoms with Crippen LogP contribution >= 0.6 is 39.1 Å². The highest BCUT2D eigenvalue weighted by molar-refractivity contribution is 9.10. The third kappa shape index (κ3) is 9.58. The number of anilines is 1. The summed E-state index contributed by atoms with van der Waals surface area (Å²) in [4.78, 5) is 30.0. The summed E-state index contributed by atoms with van der Waals surface area (Å²) in [6.45, 7) is 6.88. The first kappa shape index (κ1) is 35.5. The maximum atomic E-state index is 14.6. The Bertz CT molecular complexity index is 1760. The van der Waals surface area contributed by atoms with Gasteiger partial charge in [0.1, 0.15) is 12.6 Å². The van der Waals surface area contributed by atoms with Gasteiger partial charge in [0.05, 0.1) is 10.6 Å². The lowest BCUT2D eigenvalue weighted by molar-refractivity contribution is -0.140. The van der Waals surface area contributed by atoms with Crippen LogP contribution in [0.1, 0.15) is 37.5 Å². The molecule has 0 saturated heterocycles. The van der Waals surface area contributed by atoms with Crippen LogP contribution in [0.5, 0.6) is 0 Å². The minimum Gasteiger partial charge on any atom is -0.350 e. The highest BCUT2D eigenvalue weighted by Gasteiger charge is 2.35. The summed E-state index contributed by atoms with van der Waals surface area (Å²) in [6.07, 6.45) is 0.207. The number of halogens is 3. The van der Waals surface area contributed by atoms with Crippen LogP contribution in [0, 0.1) is 6.92 Å². The zero-order valence-electron chi connectivity index (χ0n) is 26.0. The number of carbonyl (C=O) groups excluding carboxylic acids is 2. The maximum absolute atomic E-state index is 14.6. The zero-order valence-corrected chi connectivity index (χ0v) is 29.9. The predicted octanol–water partition coefficient (Wildman–Crippen LogP) is 7.81. The van der Waals surface area contributed by atoms with E-state index in [4.69, 9.17) is 23.2 Å². The highest BCUT2D eigenvalue weighted by atomic mass is 79.9. The third-order valence-electron chi connectivity index (χ3n) is 7.06. The molecule has 0 spiro atoms. The lowest BCUT2D eigenvalue weighted by Crippen LogP contribution is -2.56. The average molecular weight is 746 g/mol. The van der Waals surface area contributed by atoms with Crippen molar-refractivity contribution in [3.8, 4) is 0 Å². The van der Waals surface area contributed by atoms with Crippen molar-refractivity contribution in [2.24, 2.45) is 0 Å². The number of nitrogens with zero attached hydrogens (tertiary/aromatic N) is 2. The van der Waals surface area contributed by atoms with E-state index >= 15 is 0 Å². The fourth-order valence-corrected chi connectivity index (χ4v) is 7.02. The standard InChI is InChI=1S/C35H36BrCl2N3O4S/c1-24-10-16-31(17-11-24)46(44,45)41(30-20-28(37)19-29(38)21-30)23-33(42)40(22-26-12-14-27(36)15-13-26)32(34(43)39-35(2,3)4)18-25-8-6-5-7-9-25/h5-17,19-21,32H,18,22-23H2,1-4H3,(H,39,43)/t32-/m0/s1. The van der Waals surface area contributed by atoms with Gasteiger partial charge in [-0.25, -0.2) is 8.42 Å². The summed E-state index contributed by atoms with van der Waals surface area (Å²) in [7, 11) is -4.28. The number of carbonyl (C=O) groups is 2. The lowest BCUT2D eigenvalue weighted by Gasteiger charge is -2.35. The first-order valence-electron chi connectivity index (χ1n) is 14.6. The van der Waals surface area contributed by atoms with E-state index in [1.54, 1.807) is 12.1 Å². The van der Waals surface area contributed by atoms with Crippen molar-refractivity contribution >= 4 is 66.7 Å². The van der Waals surface area contributed by atoms with E-state index in [-0.39, 0.29) is 39.5 Å². The van der Waals surface area contributed by atoms with Crippen molar-refractivity contribution in [2.75, 3.05) is 10.8 Å². The van der Waals surface area contributed by atoms with Crippen molar-refractivity contribution in [3.63, 3.8) is 0 Å². The van der Waals surface area contributed by atoms with E-state index in [1.165, 1.54) is 35.2 Å². The smallest absolute Gasteiger partial charge is 0.264 e. The molecule has 0 fully saturated rings. The van der Waals surface area contributed by atoms with Crippen LogP contribution in [0.3, 0.4) is 0 Å². The topological polar surface area (TPSA) is 86.8 Å². The van der Waals surface area contributed by atoms with Gasteiger partial charge in [0.2, 0.25) is 11.8 Å². The van der Waals surface area contributed by atoms with Crippen molar-refractivity contribution in [1.29, 1.82) is 0 Å². The van der Waals surface area contributed by atoms with Crippen LogP contribution in [0.25, 0.3) is 0 Å². The zero-order chi connectivity index (χ0) is 33.6. The van der Waals surface area contributed by atoms with Gasteiger partial charge < -0.3 is 10.2 Å². The van der Waals surface area contributed by atoms with Crippen molar-refractivity contribution in [2.45, 2.75) is 57.1 Å². The summed E-state index contributed by atoms with van der Waals surface area (Å²) >= 11 is 16.1. The van der Waals surface area contributed by atoms with Gasteiger partial charge in [-0.15, -0.1) is 0 Å². The Morgan fingerprint density at radius 3 is 2.00 bits per heavy atom. The van der Waals surface area contributed by atoms with E-state index in [0.29, 0.717) is 0 Å². The number of aryl methyl sites for hydroxylation is 1. The molecule has 46 heavy (non-hydrogen) atoms. The van der Waals surface area contributed by atoms with Crippen molar-refractivity contribution < 1.29 is 18.0 Å². The second-order valence-corrected chi connectivity index (χ2v) is 15.7. The van der Waals surface area contributed by atoms with Crippen molar-refractivity contribution in [3.05, 3.63) is 128 Å². The number of benzene rings is 4. The molecule has 0 aliphatic rings. The molecule has 1 atom stereocenters. The highest BCUT2D eigenvalue weighted by Crippen LogP contribution is 2.30. The second-order valence-electron chi connectivity index (χ2n) is 12.0. The van der Waals surface area contributed by atoms with Crippen LogP contribution in [0.15, 0.2) is 106 Å². The molecular weight excluding hydrogens is 709 g/mol. The van der Waals surface area contributed by atoms with E-state index in [2.05, 4.69) is 21.2 Å². The van der Waals surface area contributed by atoms with Gasteiger partial charge in [0.15, 0.2) is 0 Å². The van der Waals surface area contributed by atoms with E-state index in [0.717, 1.165) is 25.5 Å². The first-order chi connectivity index (χ1) is 21.6. The Morgan fingerprint density at radius 2 is 1.43 bits per heavy atom. The van der Waals surface area contributed by atoms with E-state index in [1.807, 2.05) is 82.3 Å². The van der Waals surface area contributed by atoms with Gasteiger partial charge in [0.25, 0.3) is 10.0 Å². The molecule has 0 bridgehead atoms. The fourth-order valence-electron chi connectivity index (χ4n) is 4.84. The number of rotatable bonds is 11. The van der Waals surface area contributed by atoms with Crippen LogP contribution in [0.4, 0.5) is 5.69 Å². The van der Waals surface area contributed by atoms with Gasteiger partial charge in [-0.3, -0.25) is 13.9 Å². The molecule has 0 heterocycles. The Balaban J connectivity index is 1.84. The third-order valence-corrected chi connectivity index (χ3v) is 9.81. The summed E-state index contributed by atoms with van der Waals surface area (Å²) in [5.41, 5.74) is 2.01. The molecule has 7 nitrogen and oxygen atoms in total. The number of sulfonamides is 1. The maximum Gasteiger partial charge on any atom is 0.264 e. The van der Waals surface area contributed by atoms with Gasteiger partial charge in [-0.05, 0) is 81.3 Å². The average Bonchev–Trinajstić information content (AvgIpc) is 2.97. The van der Waals surface area contributed by atoms with E-state index in [9.17, 15) is 18.0 Å². The van der Waals surface area contributed by atoms with Crippen LogP contribution in [0.2, 0.25) is 10.0 Å². The molecule has 0 unspecified atom stereocenters. The summed E-state index contributed by atoms with van der Waals surface area (Å²) in [6, 6.07) is 26.5. The minimum absolute atomic E-state index is 0.00670. The number of hydrogen-bond acceptors (Lipinski definition) is 4.